The molecule has 106 valence electrons. The number of hydrogen-bond acceptors (Lipinski definition) is 5. The zero-order valence-electron chi connectivity index (χ0n) is 10.3. The van der Waals surface area contributed by atoms with Crippen LogP contribution in [0.1, 0.15) is 12.8 Å². The second-order valence-electron chi connectivity index (χ2n) is 3.83. The fourth-order valence-electron chi connectivity index (χ4n) is 1.34. The van der Waals surface area contributed by atoms with E-state index in [0.29, 0.717) is 0 Å². The molecule has 0 bridgehead atoms. The topological polar surface area (TPSA) is 98.5 Å². The van der Waals surface area contributed by atoms with Gasteiger partial charge in [0.1, 0.15) is 5.82 Å². The van der Waals surface area contributed by atoms with E-state index in [9.17, 15) is 17.6 Å². The van der Waals surface area contributed by atoms with Gasteiger partial charge in [0.05, 0.1) is 24.2 Å². The first kappa shape index (κ1) is 15.2. The molecule has 0 unspecified atom stereocenters. The third kappa shape index (κ3) is 5.12. The van der Waals surface area contributed by atoms with E-state index in [1.807, 2.05) is 0 Å². The van der Waals surface area contributed by atoms with Crippen molar-refractivity contribution in [1.82, 2.24) is 0 Å². The lowest BCUT2D eigenvalue weighted by atomic mass is 10.3. The van der Waals surface area contributed by atoms with E-state index in [4.69, 9.17) is 5.73 Å². The van der Waals surface area contributed by atoms with Crippen molar-refractivity contribution in [2.75, 3.05) is 23.3 Å². The summed E-state index contributed by atoms with van der Waals surface area (Å²) in [5, 5.41) is 0. The largest absolute Gasteiger partial charge is 0.469 e. The Morgan fingerprint density at radius 1 is 1.47 bits per heavy atom. The van der Waals surface area contributed by atoms with Gasteiger partial charge in [0.25, 0.3) is 0 Å². The van der Waals surface area contributed by atoms with Crippen LogP contribution >= 0.6 is 0 Å². The maximum absolute atomic E-state index is 13.0. The fourth-order valence-corrected chi connectivity index (χ4v) is 2.48. The quantitative estimate of drug-likeness (QED) is 0.604. The van der Waals surface area contributed by atoms with Crippen LogP contribution in [0.25, 0.3) is 0 Å². The molecule has 1 aromatic carbocycles. The lowest BCUT2D eigenvalue weighted by Gasteiger charge is -2.10. The predicted octanol–water partition coefficient (Wildman–Crippen LogP) is 1.10. The van der Waals surface area contributed by atoms with Crippen LogP contribution in [-0.4, -0.2) is 27.2 Å². The lowest BCUT2D eigenvalue weighted by molar-refractivity contribution is -0.140. The Kier molecular flexibility index (Phi) is 5.11. The maximum atomic E-state index is 13.0. The molecule has 1 rings (SSSR count). The number of benzene rings is 1. The zero-order valence-corrected chi connectivity index (χ0v) is 11.2. The van der Waals surface area contributed by atoms with Gasteiger partial charge in [-0.2, -0.15) is 0 Å². The number of ether oxygens (including phenoxy) is 1. The number of sulfonamides is 1. The second kappa shape index (κ2) is 6.37. The van der Waals surface area contributed by atoms with Gasteiger partial charge in [0.2, 0.25) is 10.0 Å². The van der Waals surface area contributed by atoms with Crippen LogP contribution in [0.5, 0.6) is 0 Å². The molecule has 1 aromatic rings. The molecule has 0 atom stereocenters. The molecule has 0 aliphatic carbocycles. The summed E-state index contributed by atoms with van der Waals surface area (Å²) in [6, 6.07) is 3.39. The van der Waals surface area contributed by atoms with Gasteiger partial charge in [0.15, 0.2) is 0 Å². The minimum atomic E-state index is -3.68. The number of hydrogen-bond donors (Lipinski definition) is 2. The minimum Gasteiger partial charge on any atom is -0.469 e. The molecular weight excluding hydrogens is 275 g/mol. The van der Waals surface area contributed by atoms with Crippen molar-refractivity contribution < 1.29 is 22.3 Å². The zero-order chi connectivity index (χ0) is 14.5. The van der Waals surface area contributed by atoms with E-state index in [2.05, 4.69) is 9.46 Å². The first-order valence-corrected chi connectivity index (χ1v) is 7.11. The first-order chi connectivity index (χ1) is 8.84. The number of nitrogen functional groups attached to an aromatic ring is 1. The number of nitrogens with one attached hydrogen (secondary N) is 1. The number of nitrogens with two attached hydrogens (primary N) is 1. The number of carbonyl (C=O) groups excluding carboxylic acids is 1. The number of esters is 1. The summed E-state index contributed by atoms with van der Waals surface area (Å²) in [7, 11) is -2.46. The molecule has 0 fully saturated rings. The predicted molar refractivity (Wildman–Crippen MR) is 69.5 cm³/mol. The van der Waals surface area contributed by atoms with Gasteiger partial charge in [-0.1, -0.05) is 0 Å². The van der Waals surface area contributed by atoms with Crippen molar-refractivity contribution in [1.29, 1.82) is 0 Å². The Hall–Kier alpha value is -1.83. The summed E-state index contributed by atoms with van der Waals surface area (Å²) in [6.45, 7) is 0. The van der Waals surface area contributed by atoms with Gasteiger partial charge < -0.3 is 10.5 Å². The molecule has 0 heterocycles. The van der Waals surface area contributed by atoms with Gasteiger partial charge >= 0.3 is 5.97 Å². The van der Waals surface area contributed by atoms with Crippen molar-refractivity contribution in [3.05, 3.63) is 24.0 Å². The van der Waals surface area contributed by atoms with Crippen molar-refractivity contribution in [3.8, 4) is 0 Å². The molecular formula is C11H15FN2O4S. The summed E-state index contributed by atoms with van der Waals surface area (Å²) >= 11 is 0. The SMILES string of the molecule is COC(=O)CCCS(=O)(=O)Nc1cc(F)ccc1N. The van der Waals surface area contributed by atoms with Crippen molar-refractivity contribution in [2.45, 2.75) is 12.8 Å². The standard InChI is InChI=1S/C11H15FN2O4S/c1-18-11(15)3-2-6-19(16,17)14-10-7-8(12)4-5-9(10)13/h4-5,7,14H,2-3,6,13H2,1H3. The van der Waals surface area contributed by atoms with Crippen LogP contribution in [0.2, 0.25) is 0 Å². The molecule has 0 saturated heterocycles. The van der Waals surface area contributed by atoms with Gasteiger partial charge in [0, 0.05) is 12.5 Å². The first-order valence-electron chi connectivity index (χ1n) is 5.46. The summed E-state index contributed by atoms with van der Waals surface area (Å²) < 4.78 is 42.9. The molecule has 8 heteroatoms. The average molecular weight is 290 g/mol. The highest BCUT2D eigenvalue weighted by Gasteiger charge is 2.13. The Labute approximate surface area is 110 Å². The highest BCUT2D eigenvalue weighted by molar-refractivity contribution is 7.92. The van der Waals surface area contributed by atoms with Crippen LogP contribution in [-0.2, 0) is 19.6 Å². The monoisotopic (exact) mass is 290 g/mol. The van der Waals surface area contributed by atoms with Crippen molar-refractivity contribution in [3.63, 3.8) is 0 Å². The highest BCUT2D eigenvalue weighted by atomic mass is 32.2. The van der Waals surface area contributed by atoms with E-state index < -0.39 is 21.8 Å². The molecule has 0 aliphatic rings. The molecule has 0 aliphatic heterocycles. The number of rotatable bonds is 6. The Morgan fingerprint density at radius 2 is 2.16 bits per heavy atom. The molecule has 3 N–H and O–H groups in total. The molecule has 0 aromatic heterocycles. The third-order valence-electron chi connectivity index (χ3n) is 2.30. The van der Waals surface area contributed by atoms with E-state index >= 15 is 0 Å². The van der Waals surface area contributed by atoms with Crippen LogP contribution in [0.15, 0.2) is 18.2 Å². The summed E-state index contributed by atoms with van der Waals surface area (Å²) in [4.78, 5) is 10.8. The number of methoxy groups -OCH3 is 1. The van der Waals surface area contributed by atoms with Crippen LogP contribution in [0.3, 0.4) is 0 Å². The van der Waals surface area contributed by atoms with Gasteiger partial charge in [-0.05, 0) is 18.6 Å². The van der Waals surface area contributed by atoms with Gasteiger partial charge in [-0.25, -0.2) is 12.8 Å². The number of carbonyl (C=O) groups is 1. The Morgan fingerprint density at radius 3 is 2.79 bits per heavy atom. The molecule has 0 spiro atoms. The van der Waals surface area contributed by atoms with E-state index in [1.165, 1.54) is 13.2 Å². The second-order valence-corrected chi connectivity index (χ2v) is 5.67. The Bertz CT molecular complexity index is 560. The van der Waals surface area contributed by atoms with E-state index in [0.717, 1.165) is 12.1 Å². The van der Waals surface area contributed by atoms with Gasteiger partial charge in [-0.3, -0.25) is 9.52 Å². The molecule has 19 heavy (non-hydrogen) atoms. The maximum Gasteiger partial charge on any atom is 0.305 e. The number of anilines is 2. The normalized spacial score (nSPS) is 11.1. The number of halogens is 1. The van der Waals surface area contributed by atoms with Crippen LogP contribution < -0.4 is 10.5 Å². The summed E-state index contributed by atoms with van der Waals surface area (Å²) in [5.74, 6) is -1.36. The highest BCUT2D eigenvalue weighted by Crippen LogP contribution is 2.20. The smallest absolute Gasteiger partial charge is 0.305 e. The summed E-state index contributed by atoms with van der Waals surface area (Å²) in [5.41, 5.74) is 5.63. The van der Waals surface area contributed by atoms with Crippen molar-refractivity contribution >= 4 is 27.4 Å². The average Bonchev–Trinajstić information content (AvgIpc) is 2.33. The third-order valence-corrected chi connectivity index (χ3v) is 3.66. The van der Waals surface area contributed by atoms with E-state index in [-0.39, 0.29) is 30.0 Å². The lowest BCUT2D eigenvalue weighted by Crippen LogP contribution is -2.18. The van der Waals surface area contributed by atoms with E-state index in [1.54, 1.807) is 0 Å². The minimum absolute atomic E-state index is 0.00393. The fraction of sp³-hybridized carbons (Fsp3) is 0.364. The summed E-state index contributed by atoms with van der Waals surface area (Å²) in [6.07, 6.45) is 0.104. The Balaban J connectivity index is 2.64. The van der Waals surface area contributed by atoms with Crippen molar-refractivity contribution in [2.24, 2.45) is 0 Å². The molecule has 0 saturated carbocycles. The molecule has 0 amide bonds. The van der Waals surface area contributed by atoms with Crippen LogP contribution in [0, 0.1) is 5.82 Å². The van der Waals surface area contributed by atoms with Crippen LogP contribution in [0.4, 0.5) is 15.8 Å². The molecule has 6 nitrogen and oxygen atoms in total. The molecule has 0 radical (unpaired) electrons. The van der Waals surface area contributed by atoms with Gasteiger partial charge in [-0.15, -0.1) is 0 Å².